The fourth-order valence-corrected chi connectivity index (χ4v) is 4.26. The van der Waals surface area contributed by atoms with Crippen molar-refractivity contribution in [3.8, 4) is 0 Å². The van der Waals surface area contributed by atoms with Crippen molar-refractivity contribution in [2.45, 2.75) is 31.5 Å². The maximum Gasteiger partial charge on any atom is 0.512 e. The fourth-order valence-electron chi connectivity index (χ4n) is 3.17. The van der Waals surface area contributed by atoms with Gasteiger partial charge in [0.2, 0.25) is 5.66 Å². The first-order chi connectivity index (χ1) is 13.3. The summed E-state index contributed by atoms with van der Waals surface area (Å²) < 4.78 is 12.3. The molecule has 0 radical (unpaired) electrons. The van der Waals surface area contributed by atoms with Gasteiger partial charge in [0.05, 0.1) is 0 Å². The second-order valence-electron chi connectivity index (χ2n) is 6.57. The van der Waals surface area contributed by atoms with E-state index in [-0.39, 0.29) is 6.42 Å². The number of carbonyl (C=O) groups is 2. The molecule has 2 aromatic rings. The van der Waals surface area contributed by atoms with E-state index in [1.807, 2.05) is 25.1 Å². The number of anilines is 1. The Morgan fingerprint density at radius 2 is 1.75 bits per heavy atom. The summed E-state index contributed by atoms with van der Waals surface area (Å²) in [5.74, 6) is -3.75. The van der Waals surface area contributed by atoms with Gasteiger partial charge in [0.15, 0.2) is 0 Å². The molecule has 0 aliphatic carbocycles. The molecule has 0 heterocycles. The summed E-state index contributed by atoms with van der Waals surface area (Å²) >= 11 is 0. The first-order valence-electron chi connectivity index (χ1n) is 8.77. The van der Waals surface area contributed by atoms with Crippen molar-refractivity contribution in [3.05, 3.63) is 65.7 Å². The second kappa shape index (κ2) is 9.97. The Bertz CT molecular complexity index is 842. The Balaban J connectivity index is 2.47. The average Bonchev–Trinajstić information content (AvgIpc) is 2.63. The zero-order valence-electron chi connectivity index (χ0n) is 15.4. The van der Waals surface area contributed by atoms with Crippen LogP contribution < -0.4 is 5.32 Å². The minimum absolute atomic E-state index is 0.240. The molecule has 8 heteroatoms. The number of hydrogen-bond donors (Lipinski definition) is 4. The molecule has 2 rings (SSSR count). The molecule has 4 atom stereocenters. The minimum atomic E-state index is -2.92. The van der Waals surface area contributed by atoms with Gasteiger partial charge in [0.25, 0.3) is 0 Å². The summed E-state index contributed by atoms with van der Waals surface area (Å²) in [5, 5.41) is 21.8. The number of carboxylic acid groups (broad SMARTS) is 2. The van der Waals surface area contributed by atoms with Gasteiger partial charge in [0, 0.05) is 12.1 Å². The molecular formula is C20H23NO6P+. The van der Waals surface area contributed by atoms with Crippen molar-refractivity contribution in [2.75, 3.05) is 5.32 Å². The molecular weight excluding hydrogens is 381 g/mol. The topological polar surface area (TPSA) is 124 Å². The van der Waals surface area contributed by atoms with E-state index in [9.17, 15) is 24.2 Å². The Morgan fingerprint density at radius 1 is 1.07 bits per heavy atom. The minimum Gasteiger partial charge on any atom is -0.481 e. The lowest BCUT2D eigenvalue weighted by atomic mass is 9.90. The number of rotatable bonds is 10. The standard InChI is InChI=1S/C20H22NO6P/c1-13-6-5-9-15(12-13)21-18(14-7-3-2-4-8-14)19(28(26)27)16(20(24)25)10-11-17(22)23/h2-9,12,16,18-19,21H,10-11H2,1H3,(H2-,22,23,24,25,26,27)/p+1. The largest absolute Gasteiger partial charge is 0.512 e. The number of hydrogen-bond acceptors (Lipinski definition) is 4. The van der Waals surface area contributed by atoms with Crippen molar-refractivity contribution < 1.29 is 29.3 Å². The van der Waals surface area contributed by atoms with E-state index in [1.165, 1.54) is 0 Å². The molecule has 0 aliphatic heterocycles. The molecule has 7 nitrogen and oxygen atoms in total. The molecule has 0 amide bonds. The highest BCUT2D eigenvalue weighted by atomic mass is 31.1. The van der Waals surface area contributed by atoms with Crippen LogP contribution in [-0.2, 0) is 14.2 Å². The molecule has 0 saturated heterocycles. The van der Waals surface area contributed by atoms with Gasteiger partial charge >= 0.3 is 20.0 Å². The molecule has 4 N–H and O–H groups in total. The highest BCUT2D eigenvalue weighted by Crippen LogP contribution is 2.42. The summed E-state index contributed by atoms with van der Waals surface area (Å²) in [4.78, 5) is 32.8. The molecule has 4 unspecified atom stereocenters. The fraction of sp³-hybridized carbons (Fsp3) is 0.300. The molecule has 0 aromatic heterocycles. The van der Waals surface area contributed by atoms with Crippen LogP contribution in [-0.4, -0.2) is 32.7 Å². The molecule has 148 valence electrons. The Labute approximate surface area is 163 Å². The quantitative estimate of drug-likeness (QED) is 0.444. The van der Waals surface area contributed by atoms with E-state index >= 15 is 0 Å². The normalized spacial score (nSPS) is 14.6. The Hall–Kier alpha value is -2.76. The number of nitrogens with one attached hydrogen (secondary N) is 1. The maximum atomic E-state index is 12.3. The van der Waals surface area contributed by atoms with Crippen LogP contribution in [0.5, 0.6) is 0 Å². The third kappa shape index (κ3) is 5.87. The van der Waals surface area contributed by atoms with Gasteiger partial charge in [-0.2, -0.15) is 4.89 Å². The second-order valence-corrected chi connectivity index (χ2v) is 7.77. The van der Waals surface area contributed by atoms with E-state index < -0.39 is 44.0 Å². The van der Waals surface area contributed by atoms with E-state index in [1.54, 1.807) is 36.4 Å². The highest BCUT2D eigenvalue weighted by molar-refractivity contribution is 7.39. The van der Waals surface area contributed by atoms with Gasteiger partial charge < -0.3 is 15.5 Å². The van der Waals surface area contributed by atoms with E-state index in [2.05, 4.69) is 5.32 Å². The lowest BCUT2D eigenvalue weighted by Gasteiger charge is -2.25. The van der Waals surface area contributed by atoms with E-state index in [0.717, 1.165) is 5.56 Å². The third-order valence-corrected chi connectivity index (χ3v) is 5.66. The summed E-state index contributed by atoms with van der Waals surface area (Å²) in [6.45, 7) is 1.90. The lowest BCUT2D eigenvalue weighted by molar-refractivity contribution is -0.143. The molecule has 0 saturated carbocycles. The molecule has 2 aromatic carbocycles. The molecule has 28 heavy (non-hydrogen) atoms. The van der Waals surface area contributed by atoms with Crippen LogP contribution in [0, 0.1) is 12.8 Å². The maximum absolute atomic E-state index is 12.3. The average molecular weight is 404 g/mol. The van der Waals surface area contributed by atoms with Crippen LogP contribution in [0.3, 0.4) is 0 Å². The summed E-state index contributed by atoms with van der Waals surface area (Å²) in [7, 11) is -2.92. The van der Waals surface area contributed by atoms with Crippen LogP contribution in [0.25, 0.3) is 0 Å². The lowest BCUT2D eigenvalue weighted by Crippen LogP contribution is -2.35. The first-order valence-corrected chi connectivity index (χ1v) is 10.1. The monoisotopic (exact) mass is 404 g/mol. The Morgan fingerprint density at radius 3 is 2.29 bits per heavy atom. The zero-order valence-corrected chi connectivity index (χ0v) is 16.3. The molecule has 0 aliphatic rings. The highest BCUT2D eigenvalue weighted by Gasteiger charge is 2.48. The van der Waals surface area contributed by atoms with Gasteiger partial charge in [0.1, 0.15) is 12.0 Å². The van der Waals surface area contributed by atoms with Gasteiger partial charge in [-0.1, -0.05) is 42.5 Å². The molecule has 0 bridgehead atoms. The molecule has 0 fully saturated rings. The SMILES string of the molecule is Cc1cccc(NC(c2ccccc2)C(C(CCC(=O)O)C(=O)O)[P+](=O)O)c1. The summed E-state index contributed by atoms with van der Waals surface area (Å²) in [6.07, 6.45) is -0.640. The number of benzene rings is 2. The predicted octanol–water partition coefficient (Wildman–Crippen LogP) is 3.82. The first kappa shape index (κ1) is 21.5. The van der Waals surface area contributed by atoms with Crippen LogP contribution in [0.1, 0.15) is 30.0 Å². The van der Waals surface area contributed by atoms with Crippen molar-refractivity contribution in [1.29, 1.82) is 0 Å². The van der Waals surface area contributed by atoms with Crippen LogP contribution in [0.4, 0.5) is 5.69 Å². The molecule has 0 spiro atoms. The number of aryl methyl sites for hydroxylation is 1. The third-order valence-electron chi connectivity index (χ3n) is 4.49. The van der Waals surface area contributed by atoms with Gasteiger partial charge in [-0.15, -0.1) is 0 Å². The van der Waals surface area contributed by atoms with Crippen molar-refractivity contribution in [2.24, 2.45) is 5.92 Å². The smallest absolute Gasteiger partial charge is 0.481 e. The number of carboxylic acids is 2. The predicted molar refractivity (Wildman–Crippen MR) is 106 cm³/mol. The Kier molecular flexibility index (Phi) is 7.67. The van der Waals surface area contributed by atoms with Crippen LogP contribution in [0.2, 0.25) is 0 Å². The summed E-state index contributed by atoms with van der Waals surface area (Å²) in [6, 6.07) is 15.4. The van der Waals surface area contributed by atoms with Gasteiger partial charge in [-0.25, -0.2) is 0 Å². The van der Waals surface area contributed by atoms with Gasteiger partial charge in [-0.05, 0) is 41.2 Å². The van der Waals surface area contributed by atoms with E-state index in [4.69, 9.17) is 5.11 Å². The van der Waals surface area contributed by atoms with Crippen LogP contribution in [0.15, 0.2) is 54.6 Å². The van der Waals surface area contributed by atoms with Crippen molar-refractivity contribution >= 4 is 25.7 Å². The van der Waals surface area contributed by atoms with Gasteiger partial charge in [-0.3, -0.25) is 9.59 Å². The zero-order chi connectivity index (χ0) is 20.7. The van der Waals surface area contributed by atoms with Crippen LogP contribution >= 0.6 is 8.03 Å². The van der Waals surface area contributed by atoms with Crippen molar-refractivity contribution in [3.63, 3.8) is 0 Å². The van der Waals surface area contributed by atoms with E-state index in [0.29, 0.717) is 11.3 Å². The number of aliphatic carboxylic acids is 2. The van der Waals surface area contributed by atoms with Crippen molar-refractivity contribution in [1.82, 2.24) is 0 Å². The summed E-state index contributed by atoms with van der Waals surface area (Å²) in [5.41, 5.74) is 1.09.